The molecule has 2 atom stereocenters. The molecule has 6 heteroatoms. The van der Waals surface area contributed by atoms with Crippen LogP contribution in [0.15, 0.2) is 42.5 Å². The van der Waals surface area contributed by atoms with Crippen LogP contribution in [-0.2, 0) is 11.3 Å². The first kappa shape index (κ1) is 21.4. The molecule has 0 aliphatic heterocycles. The zero-order chi connectivity index (χ0) is 20.7. The maximum absolute atomic E-state index is 12.7. The van der Waals surface area contributed by atoms with Crippen molar-refractivity contribution in [3.63, 3.8) is 0 Å². The largest absolute Gasteiger partial charge is 0.493 e. The van der Waals surface area contributed by atoms with Gasteiger partial charge in [0.25, 0.3) is 5.91 Å². The lowest BCUT2D eigenvalue weighted by atomic mass is 10.1. The number of ether oxygens (including phenoxy) is 2. The zero-order valence-corrected chi connectivity index (χ0v) is 17.2. The lowest BCUT2D eigenvalue weighted by Crippen LogP contribution is -3.12. The number of ketones is 1. The van der Waals surface area contributed by atoms with Gasteiger partial charge >= 0.3 is 0 Å². The highest BCUT2D eigenvalue weighted by Gasteiger charge is 2.23. The highest BCUT2D eigenvalue weighted by molar-refractivity contribution is 6.04. The van der Waals surface area contributed by atoms with Crippen molar-refractivity contribution in [2.24, 2.45) is 0 Å². The average Bonchev–Trinajstić information content (AvgIpc) is 2.68. The monoisotopic (exact) mass is 385 g/mol. The molecule has 1 unspecified atom stereocenters. The molecule has 2 rings (SSSR count). The van der Waals surface area contributed by atoms with Gasteiger partial charge in [0.2, 0.25) is 0 Å². The number of anilines is 1. The van der Waals surface area contributed by atoms with E-state index in [-0.39, 0.29) is 17.7 Å². The second-order valence-electron chi connectivity index (χ2n) is 6.75. The maximum atomic E-state index is 12.7. The highest BCUT2D eigenvalue weighted by Crippen LogP contribution is 2.27. The summed E-state index contributed by atoms with van der Waals surface area (Å²) in [5, 5.41) is 2.88. The molecule has 0 radical (unpaired) electrons. The summed E-state index contributed by atoms with van der Waals surface area (Å²) in [6.45, 7) is 6.50. The fourth-order valence-electron chi connectivity index (χ4n) is 2.94. The smallest absolute Gasteiger partial charge is 0.282 e. The van der Waals surface area contributed by atoms with Crippen LogP contribution in [-0.4, -0.2) is 38.5 Å². The molecular weight excluding hydrogens is 356 g/mol. The van der Waals surface area contributed by atoms with Gasteiger partial charge in [-0.15, -0.1) is 0 Å². The quantitative estimate of drug-likeness (QED) is 0.650. The molecule has 0 aromatic heterocycles. The number of quaternary nitrogens is 1. The van der Waals surface area contributed by atoms with E-state index < -0.39 is 0 Å². The topological polar surface area (TPSA) is 69.1 Å². The Bertz CT molecular complexity index is 835. The van der Waals surface area contributed by atoms with Crippen molar-refractivity contribution in [2.45, 2.75) is 33.4 Å². The molecule has 0 aliphatic rings. The van der Waals surface area contributed by atoms with Crippen molar-refractivity contribution < 1.29 is 24.0 Å². The molecular formula is C22H29N2O4+. The molecule has 2 N–H and O–H groups in total. The minimum absolute atomic E-state index is 0.0780. The molecule has 2 aromatic rings. The molecule has 1 amide bonds. The van der Waals surface area contributed by atoms with E-state index in [1.807, 2.05) is 39.1 Å². The number of rotatable bonds is 9. The van der Waals surface area contributed by atoms with E-state index >= 15 is 0 Å². The number of carbonyl (C=O) groups is 2. The Hall–Kier alpha value is -2.86. The van der Waals surface area contributed by atoms with E-state index in [4.69, 9.17) is 9.47 Å². The van der Waals surface area contributed by atoms with Crippen LogP contribution in [0.2, 0.25) is 0 Å². The fourth-order valence-corrected chi connectivity index (χ4v) is 2.94. The second kappa shape index (κ2) is 9.90. The zero-order valence-electron chi connectivity index (χ0n) is 17.2. The van der Waals surface area contributed by atoms with Crippen molar-refractivity contribution in [1.29, 1.82) is 0 Å². The molecule has 150 valence electrons. The minimum Gasteiger partial charge on any atom is -0.493 e. The van der Waals surface area contributed by atoms with Gasteiger partial charge in [-0.2, -0.15) is 0 Å². The van der Waals surface area contributed by atoms with Gasteiger partial charge in [-0.25, -0.2) is 0 Å². The molecule has 0 bridgehead atoms. The summed E-state index contributed by atoms with van der Waals surface area (Å²) in [6, 6.07) is 12.5. The Morgan fingerprint density at radius 2 is 1.86 bits per heavy atom. The standard InChI is InChI=1S/C22H28N2O4/c1-6-28-20-12-11-17(13-21(20)27-5)14-24(4)15(2)22(26)23-19-10-8-7-9-18(19)16(3)25/h7-13,15H,6,14H2,1-5H3,(H,23,26)/p+1/t15-/m1/s1. The molecule has 0 spiro atoms. The van der Waals surface area contributed by atoms with E-state index in [1.54, 1.807) is 31.4 Å². The lowest BCUT2D eigenvalue weighted by Gasteiger charge is -2.22. The van der Waals surface area contributed by atoms with Crippen LogP contribution in [0, 0.1) is 0 Å². The average molecular weight is 385 g/mol. The Labute approximate surface area is 166 Å². The van der Waals surface area contributed by atoms with Crippen molar-refractivity contribution in [1.82, 2.24) is 0 Å². The van der Waals surface area contributed by atoms with E-state index in [0.29, 0.717) is 35.9 Å². The molecule has 6 nitrogen and oxygen atoms in total. The summed E-state index contributed by atoms with van der Waals surface area (Å²) in [7, 11) is 3.57. The van der Waals surface area contributed by atoms with Crippen molar-refractivity contribution >= 4 is 17.4 Å². The summed E-state index contributed by atoms with van der Waals surface area (Å²) in [6.07, 6.45) is 0. The normalized spacial score (nSPS) is 12.8. The van der Waals surface area contributed by atoms with Gasteiger partial charge in [-0.05, 0) is 51.1 Å². The van der Waals surface area contributed by atoms with Gasteiger partial charge in [0.15, 0.2) is 23.3 Å². The molecule has 2 aromatic carbocycles. The Kier molecular flexibility index (Phi) is 7.58. The first-order valence-corrected chi connectivity index (χ1v) is 9.40. The number of hydrogen-bond donors (Lipinski definition) is 2. The third-order valence-electron chi connectivity index (χ3n) is 4.71. The van der Waals surface area contributed by atoms with Crippen molar-refractivity contribution in [3.05, 3.63) is 53.6 Å². The third kappa shape index (κ3) is 5.33. The number of benzene rings is 2. The van der Waals surface area contributed by atoms with Gasteiger partial charge in [0.1, 0.15) is 6.54 Å². The Balaban J connectivity index is 2.07. The van der Waals surface area contributed by atoms with Gasteiger partial charge in [-0.1, -0.05) is 12.1 Å². The third-order valence-corrected chi connectivity index (χ3v) is 4.71. The van der Waals surface area contributed by atoms with Crippen LogP contribution < -0.4 is 19.7 Å². The van der Waals surface area contributed by atoms with Gasteiger partial charge in [0, 0.05) is 11.1 Å². The van der Waals surface area contributed by atoms with Crippen LogP contribution >= 0.6 is 0 Å². The van der Waals surface area contributed by atoms with E-state index in [2.05, 4.69) is 5.32 Å². The predicted octanol–water partition coefficient (Wildman–Crippen LogP) is 2.34. The van der Waals surface area contributed by atoms with E-state index in [1.165, 1.54) is 6.92 Å². The predicted molar refractivity (Wildman–Crippen MR) is 109 cm³/mol. The number of Topliss-reactive ketones (excluding diaryl/α,β-unsaturated/α-hetero) is 1. The van der Waals surface area contributed by atoms with Crippen LogP contribution in [0.4, 0.5) is 5.69 Å². The van der Waals surface area contributed by atoms with E-state index in [0.717, 1.165) is 10.5 Å². The number of carbonyl (C=O) groups excluding carboxylic acids is 2. The minimum atomic E-state index is -0.308. The van der Waals surface area contributed by atoms with Crippen LogP contribution in [0.5, 0.6) is 11.5 Å². The first-order chi connectivity index (χ1) is 13.4. The maximum Gasteiger partial charge on any atom is 0.282 e. The number of para-hydroxylation sites is 1. The number of amides is 1. The summed E-state index contributed by atoms with van der Waals surface area (Å²) in [5.74, 6) is 1.17. The lowest BCUT2D eigenvalue weighted by molar-refractivity contribution is -0.907. The number of hydrogen-bond acceptors (Lipinski definition) is 4. The molecule has 0 heterocycles. The van der Waals surface area contributed by atoms with Gasteiger partial charge in [-0.3, -0.25) is 9.59 Å². The number of methoxy groups -OCH3 is 1. The van der Waals surface area contributed by atoms with Gasteiger partial charge in [0.05, 0.1) is 26.5 Å². The summed E-state index contributed by atoms with van der Waals surface area (Å²) in [4.78, 5) is 25.5. The molecule has 0 fully saturated rings. The summed E-state index contributed by atoms with van der Waals surface area (Å²) < 4.78 is 10.9. The summed E-state index contributed by atoms with van der Waals surface area (Å²) >= 11 is 0. The highest BCUT2D eigenvalue weighted by atomic mass is 16.5. The molecule has 28 heavy (non-hydrogen) atoms. The molecule has 0 saturated heterocycles. The molecule has 0 aliphatic carbocycles. The van der Waals surface area contributed by atoms with E-state index in [9.17, 15) is 9.59 Å². The van der Waals surface area contributed by atoms with Gasteiger partial charge < -0.3 is 19.7 Å². The Morgan fingerprint density at radius 1 is 1.14 bits per heavy atom. The van der Waals surface area contributed by atoms with Crippen molar-refractivity contribution in [2.75, 3.05) is 26.1 Å². The van der Waals surface area contributed by atoms with Crippen LogP contribution in [0.25, 0.3) is 0 Å². The van der Waals surface area contributed by atoms with Crippen molar-refractivity contribution in [3.8, 4) is 11.5 Å². The number of nitrogens with one attached hydrogen (secondary N) is 2. The van der Waals surface area contributed by atoms with Crippen LogP contribution in [0.3, 0.4) is 0 Å². The Morgan fingerprint density at radius 3 is 2.50 bits per heavy atom. The van der Waals surface area contributed by atoms with Crippen LogP contribution in [0.1, 0.15) is 36.7 Å². The molecule has 0 saturated carbocycles. The number of likely N-dealkylation sites (N-methyl/N-ethyl adjacent to an activating group) is 1. The second-order valence-corrected chi connectivity index (χ2v) is 6.75. The fraction of sp³-hybridized carbons (Fsp3) is 0.364. The summed E-state index contributed by atoms with van der Waals surface area (Å²) in [5.41, 5.74) is 2.10. The SMILES string of the molecule is CCOc1ccc(C[NH+](C)[C@H](C)C(=O)Nc2ccccc2C(C)=O)cc1OC. The first-order valence-electron chi connectivity index (χ1n) is 9.40.